The molecule has 1 aromatic heterocycles. The summed E-state index contributed by atoms with van der Waals surface area (Å²) >= 11 is 7.58. The van der Waals surface area contributed by atoms with E-state index < -0.39 is 0 Å². The van der Waals surface area contributed by atoms with E-state index in [4.69, 9.17) is 21.4 Å². The molecular formula is C24H34ClN3O2S. The number of aromatic nitrogens is 2. The third kappa shape index (κ3) is 3.72. The summed E-state index contributed by atoms with van der Waals surface area (Å²) in [5, 5.41) is 7.97. The number of nitrogens with one attached hydrogen (secondary N) is 1. The summed E-state index contributed by atoms with van der Waals surface area (Å²) in [6.07, 6.45) is 9.20. The molecule has 3 saturated carbocycles. The van der Waals surface area contributed by atoms with Gasteiger partial charge in [0.05, 0.1) is 11.6 Å². The molecule has 3 aliphatic carbocycles. The van der Waals surface area contributed by atoms with Gasteiger partial charge in [0, 0.05) is 19.0 Å². The molecule has 7 heteroatoms. The average molecular weight is 464 g/mol. The van der Waals surface area contributed by atoms with Crippen LogP contribution in [0.25, 0.3) is 0 Å². The van der Waals surface area contributed by atoms with Gasteiger partial charge >= 0.3 is 0 Å². The van der Waals surface area contributed by atoms with Crippen molar-refractivity contribution in [3.63, 3.8) is 0 Å². The van der Waals surface area contributed by atoms with E-state index in [1.165, 1.54) is 24.2 Å². The average Bonchev–Trinajstić information content (AvgIpc) is 3.38. The van der Waals surface area contributed by atoms with E-state index in [0.29, 0.717) is 28.7 Å². The number of hydrogen-bond donors (Lipinski definition) is 1. The number of fused-ring (bicyclic) bond motifs is 5. The maximum atomic E-state index is 13.2. The molecular weight excluding hydrogens is 430 g/mol. The SMILES string of the molecule is CC1=CC2c3c(c(C(=O)NCC4CCC5CC4C5(C)C)nn3CCCCCCl)OC2S1. The highest BCUT2D eigenvalue weighted by Gasteiger charge is 2.54. The summed E-state index contributed by atoms with van der Waals surface area (Å²) < 4.78 is 8.29. The lowest BCUT2D eigenvalue weighted by Crippen LogP contribution is -2.54. The zero-order valence-electron chi connectivity index (χ0n) is 18.8. The van der Waals surface area contributed by atoms with Crippen molar-refractivity contribution in [2.75, 3.05) is 12.4 Å². The number of halogens is 1. The minimum atomic E-state index is -0.0827. The molecule has 5 nitrogen and oxygen atoms in total. The second-order valence-electron chi connectivity index (χ2n) is 10.4. The molecule has 0 aromatic carbocycles. The van der Waals surface area contributed by atoms with Gasteiger partial charge in [-0.15, -0.1) is 11.6 Å². The molecule has 2 aliphatic heterocycles. The Morgan fingerprint density at radius 3 is 2.94 bits per heavy atom. The molecule has 6 rings (SSSR count). The number of allylic oxidation sites excluding steroid dienone is 1. The van der Waals surface area contributed by atoms with E-state index in [2.05, 4.69) is 32.2 Å². The number of amides is 1. The van der Waals surface area contributed by atoms with Crippen molar-refractivity contribution in [2.45, 2.75) is 77.2 Å². The lowest BCUT2D eigenvalue weighted by Gasteiger charge is -2.60. The summed E-state index contributed by atoms with van der Waals surface area (Å²) in [6, 6.07) is 0. The molecule has 1 amide bonds. The predicted molar refractivity (Wildman–Crippen MR) is 126 cm³/mol. The molecule has 5 atom stereocenters. The van der Waals surface area contributed by atoms with Crippen LogP contribution in [0.3, 0.4) is 0 Å². The van der Waals surface area contributed by atoms with Crippen molar-refractivity contribution in [3.8, 4) is 5.75 Å². The molecule has 0 saturated heterocycles. The van der Waals surface area contributed by atoms with Crippen molar-refractivity contribution in [3.05, 3.63) is 22.4 Å². The Balaban J connectivity index is 1.31. The van der Waals surface area contributed by atoms with Gasteiger partial charge < -0.3 is 10.1 Å². The third-order valence-corrected chi connectivity index (χ3v) is 9.65. The molecule has 0 radical (unpaired) electrons. The van der Waals surface area contributed by atoms with Crippen LogP contribution in [0.4, 0.5) is 0 Å². The van der Waals surface area contributed by atoms with Gasteiger partial charge in [-0.05, 0) is 67.1 Å². The highest BCUT2D eigenvalue weighted by Crippen LogP contribution is 2.61. The number of nitrogens with zero attached hydrogens (tertiary/aromatic N) is 2. The Morgan fingerprint density at radius 2 is 2.19 bits per heavy atom. The number of carbonyl (C=O) groups is 1. The monoisotopic (exact) mass is 463 g/mol. The Kier molecular flexibility index (Phi) is 5.83. The van der Waals surface area contributed by atoms with Gasteiger partial charge in [0.15, 0.2) is 16.9 Å². The van der Waals surface area contributed by atoms with Crippen molar-refractivity contribution in [1.82, 2.24) is 15.1 Å². The fraction of sp³-hybridized carbons (Fsp3) is 0.750. The van der Waals surface area contributed by atoms with Crippen LogP contribution in [0.15, 0.2) is 11.0 Å². The number of ether oxygens (including phenoxy) is 1. The molecule has 2 bridgehead atoms. The number of aryl methyl sites for hydroxylation is 1. The molecule has 1 N–H and O–H groups in total. The van der Waals surface area contributed by atoms with Crippen LogP contribution >= 0.6 is 23.4 Å². The van der Waals surface area contributed by atoms with Crippen LogP contribution in [0, 0.1) is 23.2 Å². The molecule has 5 unspecified atom stereocenters. The Labute approximate surface area is 194 Å². The van der Waals surface area contributed by atoms with Gasteiger partial charge in [-0.25, -0.2) is 0 Å². The normalized spacial score (nSPS) is 32.0. The first-order valence-electron chi connectivity index (χ1n) is 11.9. The highest BCUT2D eigenvalue weighted by atomic mass is 35.5. The fourth-order valence-corrected chi connectivity index (χ4v) is 7.59. The van der Waals surface area contributed by atoms with Gasteiger partial charge in [-0.2, -0.15) is 5.10 Å². The predicted octanol–water partition coefficient (Wildman–Crippen LogP) is 5.55. The van der Waals surface area contributed by atoms with Gasteiger partial charge in [-0.3, -0.25) is 9.48 Å². The van der Waals surface area contributed by atoms with Crippen molar-refractivity contribution >= 4 is 29.3 Å². The minimum absolute atomic E-state index is 0.0414. The van der Waals surface area contributed by atoms with Gasteiger partial charge in [-0.1, -0.05) is 38.1 Å². The second kappa shape index (κ2) is 8.33. The van der Waals surface area contributed by atoms with E-state index in [1.807, 2.05) is 4.68 Å². The van der Waals surface area contributed by atoms with Crippen LogP contribution in [0.1, 0.15) is 81.4 Å². The van der Waals surface area contributed by atoms with Crippen LogP contribution in [-0.4, -0.2) is 33.5 Å². The fourth-order valence-electron chi connectivity index (χ4n) is 6.31. The largest absolute Gasteiger partial charge is 0.474 e. The van der Waals surface area contributed by atoms with E-state index in [0.717, 1.165) is 49.9 Å². The van der Waals surface area contributed by atoms with E-state index in [-0.39, 0.29) is 17.3 Å². The molecule has 31 heavy (non-hydrogen) atoms. The number of alkyl halides is 1. The molecule has 0 spiro atoms. The third-order valence-electron chi connectivity index (χ3n) is 8.25. The van der Waals surface area contributed by atoms with Crippen LogP contribution in [0.2, 0.25) is 0 Å². The number of hydrogen-bond acceptors (Lipinski definition) is 4. The summed E-state index contributed by atoms with van der Waals surface area (Å²) in [5.41, 5.74) is 2.02. The van der Waals surface area contributed by atoms with Crippen LogP contribution < -0.4 is 10.1 Å². The number of thioether (sulfide) groups is 1. The highest BCUT2D eigenvalue weighted by molar-refractivity contribution is 8.03. The van der Waals surface area contributed by atoms with E-state index >= 15 is 0 Å². The molecule has 3 fully saturated rings. The lowest BCUT2D eigenvalue weighted by molar-refractivity contribution is -0.103. The number of carbonyl (C=O) groups excluding carboxylic acids is 1. The van der Waals surface area contributed by atoms with Crippen molar-refractivity contribution < 1.29 is 9.53 Å². The second-order valence-corrected chi connectivity index (χ2v) is 12.1. The van der Waals surface area contributed by atoms with Gasteiger partial charge in [0.1, 0.15) is 0 Å². The van der Waals surface area contributed by atoms with E-state index in [1.54, 1.807) is 11.8 Å². The van der Waals surface area contributed by atoms with E-state index in [9.17, 15) is 4.79 Å². The Hall–Kier alpha value is -1.14. The summed E-state index contributed by atoms with van der Waals surface area (Å²) in [4.78, 5) is 14.5. The molecule has 3 heterocycles. The maximum Gasteiger partial charge on any atom is 0.275 e. The van der Waals surface area contributed by atoms with Gasteiger partial charge in [0.2, 0.25) is 0 Å². The standard InChI is InChI=1S/C24H34ClN3O2S/c1-14-11-17-20-21(30-23(17)31-14)19(27-28(20)10-6-4-5-9-25)22(29)26-13-15-7-8-16-12-18(15)24(16,2)3/h11,15-18,23H,4-10,12-13H2,1-3H3,(H,26,29). The summed E-state index contributed by atoms with van der Waals surface area (Å²) in [7, 11) is 0. The lowest BCUT2D eigenvalue weighted by atomic mass is 9.45. The molecule has 5 aliphatic rings. The van der Waals surface area contributed by atoms with Crippen LogP contribution in [0.5, 0.6) is 5.75 Å². The minimum Gasteiger partial charge on any atom is -0.474 e. The zero-order valence-corrected chi connectivity index (χ0v) is 20.4. The maximum absolute atomic E-state index is 13.2. The number of rotatable bonds is 8. The summed E-state index contributed by atoms with van der Waals surface area (Å²) in [5.74, 6) is 3.69. The van der Waals surface area contributed by atoms with Gasteiger partial charge in [0.25, 0.3) is 5.91 Å². The first-order chi connectivity index (χ1) is 14.9. The smallest absolute Gasteiger partial charge is 0.275 e. The van der Waals surface area contributed by atoms with Crippen LogP contribution in [-0.2, 0) is 6.54 Å². The quantitative estimate of drug-likeness (QED) is 0.405. The Morgan fingerprint density at radius 1 is 1.35 bits per heavy atom. The molecule has 170 valence electrons. The van der Waals surface area contributed by atoms with Crippen molar-refractivity contribution in [1.29, 1.82) is 0 Å². The zero-order chi connectivity index (χ0) is 21.8. The summed E-state index contributed by atoms with van der Waals surface area (Å²) in [6.45, 7) is 8.47. The molecule has 1 aromatic rings. The first-order valence-corrected chi connectivity index (χ1v) is 13.3. The topological polar surface area (TPSA) is 56.2 Å². The van der Waals surface area contributed by atoms with Crippen molar-refractivity contribution in [2.24, 2.45) is 23.2 Å². The first kappa shape index (κ1) is 21.7. The Bertz CT molecular complexity index is 894. The number of unbranched alkanes of at least 4 members (excludes halogenated alkanes) is 2.